The summed E-state index contributed by atoms with van der Waals surface area (Å²) in [5.74, 6) is 0.776. The van der Waals surface area contributed by atoms with Crippen LogP contribution in [0.25, 0.3) is 0 Å². The van der Waals surface area contributed by atoms with Gasteiger partial charge in [-0.15, -0.1) is 0 Å². The highest BCUT2D eigenvalue weighted by Crippen LogP contribution is 2.11. The third-order valence-electron chi connectivity index (χ3n) is 2.21. The molecule has 0 radical (unpaired) electrons. The van der Waals surface area contributed by atoms with Gasteiger partial charge >= 0.3 is 0 Å². The van der Waals surface area contributed by atoms with Crippen LogP contribution in [-0.4, -0.2) is 18.6 Å². The van der Waals surface area contributed by atoms with Crippen LogP contribution in [-0.2, 0) is 11.3 Å². The van der Waals surface area contributed by atoms with E-state index in [9.17, 15) is 4.79 Å². The minimum atomic E-state index is 0.0126. The van der Waals surface area contributed by atoms with Crippen LogP contribution < -0.4 is 15.8 Å². The van der Waals surface area contributed by atoms with Gasteiger partial charge in [0.2, 0.25) is 5.91 Å². The van der Waals surface area contributed by atoms with Crippen LogP contribution in [0.4, 0.5) is 0 Å². The molecule has 0 saturated carbocycles. The number of benzene rings is 1. The van der Waals surface area contributed by atoms with Gasteiger partial charge < -0.3 is 15.8 Å². The maximum atomic E-state index is 11.3. The van der Waals surface area contributed by atoms with Gasteiger partial charge in [0.1, 0.15) is 5.75 Å². The van der Waals surface area contributed by atoms with E-state index in [1.807, 2.05) is 38.1 Å². The lowest BCUT2D eigenvalue weighted by molar-refractivity contribution is -0.122. The molecule has 1 aromatic carbocycles. The number of nitrogens with two attached hydrogens (primary N) is 1. The molecule has 0 aromatic heterocycles. The fourth-order valence-electron chi connectivity index (χ4n) is 1.38. The van der Waals surface area contributed by atoms with Crippen molar-refractivity contribution in [1.82, 2.24) is 5.32 Å². The predicted octanol–water partition coefficient (Wildman–Crippen LogP) is 1.44. The van der Waals surface area contributed by atoms with E-state index in [4.69, 9.17) is 10.5 Å². The van der Waals surface area contributed by atoms with Gasteiger partial charge in [0, 0.05) is 12.6 Å². The Morgan fingerprint density at radius 3 is 2.53 bits per heavy atom. The number of carbonyl (C=O) groups is 1. The highest BCUT2D eigenvalue weighted by Gasteiger charge is 2.03. The van der Waals surface area contributed by atoms with Crippen LogP contribution in [0.15, 0.2) is 24.3 Å². The van der Waals surface area contributed by atoms with Gasteiger partial charge in [0.25, 0.3) is 0 Å². The number of amides is 1. The lowest BCUT2D eigenvalue weighted by Gasteiger charge is -2.09. The normalized spacial score (nSPS) is 10.4. The van der Waals surface area contributed by atoms with Crippen molar-refractivity contribution in [2.45, 2.75) is 32.9 Å². The largest absolute Gasteiger partial charge is 0.493 e. The maximum absolute atomic E-state index is 11.3. The molecule has 94 valence electrons. The summed E-state index contributed by atoms with van der Waals surface area (Å²) in [7, 11) is 0. The molecule has 1 rings (SSSR count). The number of nitrogens with one attached hydrogen (secondary N) is 1. The Morgan fingerprint density at radius 1 is 1.35 bits per heavy atom. The Morgan fingerprint density at radius 2 is 2.00 bits per heavy atom. The molecule has 3 N–H and O–H groups in total. The first kappa shape index (κ1) is 13.5. The van der Waals surface area contributed by atoms with Crippen LogP contribution in [0.5, 0.6) is 5.75 Å². The van der Waals surface area contributed by atoms with E-state index in [0.717, 1.165) is 11.3 Å². The molecular formula is C13H20N2O2. The minimum Gasteiger partial charge on any atom is -0.493 e. The summed E-state index contributed by atoms with van der Waals surface area (Å²) in [4.78, 5) is 11.3. The summed E-state index contributed by atoms with van der Waals surface area (Å²) >= 11 is 0. The summed E-state index contributed by atoms with van der Waals surface area (Å²) in [6.07, 6.45) is 0.372. The molecule has 0 aliphatic heterocycles. The Bertz CT molecular complexity index is 347. The average Bonchev–Trinajstić information content (AvgIpc) is 2.29. The van der Waals surface area contributed by atoms with E-state index in [0.29, 0.717) is 19.6 Å². The molecule has 17 heavy (non-hydrogen) atoms. The van der Waals surface area contributed by atoms with Crippen molar-refractivity contribution in [2.24, 2.45) is 5.73 Å². The number of hydrogen-bond donors (Lipinski definition) is 2. The summed E-state index contributed by atoms with van der Waals surface area (Å²) < 4.78 is 5.46. The first-order valence-corrected chi connectivity index (χ1v) is 5.83. The summed E-state index contributed by atoms with van der Waals surface area (Å²) in [6, 6.07) is 7.74. The number of hydrogen-bond acceptors (Lipinski definition) is 3. The van der Waals surface area contributed by atoms with Crippen LogP contribution in [0, 0.1) is 0 Å². The van der Waals surface area contributed by atoms with Gasteiger partial charge in [-0.05, 0) is 31.5 Å². The van der Waals surface area contributed by atoms with Crippen LogP contribution in [0.3, 0.4) is 0 Å². The van der Waals surface area contributed by atoms with E-state index < -0.39 is 0 Å². The fraction of sp³-hybridized carbons (Fsp3) is 0.462. The zero-order valence-corrected chi connectivity index (χ0v) is 10.4. The van der Waals surface area contributed by atoms with Crippen molar-refractivity contribution in [3.05, 3.63) is 29.8 Å². The third-order valence-corrected chi connectivity index (χ3v) is 2.21. The van der Waals surface area contributed by atoms with E-state index in [-0.39, 0.29) is 11.9 Å². The van der Waals surface area contributed by atoms with E-state index in [1.54, 1.807) is 0 Å². The van der Waals surface area contributed by atoms with Gasteiger partial charge in [-0.25, -0.2) is 0 Å². The smallest absolute Gasteiger partial charge is 0.223 e. The first-order valence-electron chi connectivity index (χ1n) is 5.83. The monoisotopic (exact) mass is 236 g/mol. The van der Waals surface area contributed by atoms with E-state index in [2.05, 4.69) is 5.32 Å². The Hall–Kier alpha value is -1.55. The van der Waals surface area contributed by atoms with Gasteiger partial charge in [0.15, 0.2) is 0 Å². The first-order chi connectivity index (χ1) is 8.11. The Balaban J connectivity index is 2.28. The third kappa shape index (κ3) is 5.36. The van der Waals surface area contributed by atoms with E-state index in [1.165, 1.54) is 0 Å². The minimum absolute atomic E-state index is 0.0126. The molecular weight excluding hydrogens is 216 g/mol. The van der Waals surface area contributed by atoms with Crippen LogP contribution >= 0.6 is 0 Å². The second kappa shape index (κ2) is 6.91. The summed E-state index contributed by atoms with van der Waals surface area (Å²) in [5, 5.41) is 2.81. The zero-order valence-electron chi connectivity index (χ0n) is 10.4. The predicted molar refractivity (Wildman–Crippen MR) is 67.7 cm³/mol. The number of rotatable bonds is 6. The maximum Gasteiger partial charge on any atom is 0.223 e. The van der Waals surface area contributed by atoms with Crippen molar-refractivity contribution in [2.75, 3.05) is 6.61 Å². The molecule has 0 fully saturated rings. The molecule has 1 amide bonds. The van der Waals surface area contributed by atoms with Crippen molar-refractivity contribution in [3.8, 4) is 5.75 Å². The number of carbonyl (C=O) groups excluding carboxylic acids is 1. The lowest BCUT2D eigenvalue weighted by Crippen LogP contribution is -2.31. The molecule has 0 unspecified atom stereocenters. The standard InChI is InChI=1S/C13H20N2O2/c1-10(2)15-13(16)7-8-17-12-5-3-11(9-14)4-6-12/h3-6,10H,7-9,14H2,1-2H3,(H,15,16). The Kier molecular flexibility index (Phi) is 5.49. The second-order valence-electron chi connectivity index (χ2n) is 4.17. The highest BCUT2D eigenvalue weighted by molar-refractivity contribution is 5.76. The molecule has 0 heterocycles. The lowest BCUT2D eigenvalue weighted by atomic mass is 10.2. The molecule has 0 saturated heterocycles. The SMILES string of the molecule is CC(C)NC(=O)CCOc1ccc(CN)cc1. The quantitative estimate of drug-likeness (QED) is 0.785. The molecule has 0 aliphatic rings. The topological polar surface area (TPSA) is 64.3 Å². The highest BCUT2D eigenvalue weighted by atomic mass is 16.5. The van der Waals surface area contributed by atoms with E-state index >= 15 is 0 Å². The molecule has 0 atom stereocenters. The van der Waals surface area contributed by atoms with Crippen LogP contribution in [0.2, 0.25) is 0 Å². The molecule has 0 bridgehead atoms. The molecule has 0 spiro atoms. The Labute approximate surface area is 102 Å². The van der Waals surface area contributed by atoms with Crippen molar-refractivity contribution < 1.29 is 9.53 Å². The van der Waals surface area contributed by atoms with Gasteiger partial charge in [-0.1, -0.05) is 12.1 Å². The van der Waals surface area contributed by atoms with Crippen molar-refractivity contribution in [3.63, 3.8) is 0 Å². The van der Waals surface area contributed by atoms with Gasteiger partial charge in [-0.2, -0.15) is 0 Å². The molecule has 4 nitrogen and oxygen atoms in total. The fourth-order valence-corrected chi connectivity index (χ4v) is 1.38. The molecule has 0 aliphatic carbocycles. The molecule has 1 aromatic rings. The van der Waals surface area contributed by atoms with Gasteiger partial charge in [-0.3, -0.25) is 4.79 Å². The summed E-state index contributed by atoms with van der Waals surface area (Å²) in [6.45, 7) is 4.78. The second-order valence-corrected chi connectivity index (χ2v) is 4.17. The average molecular weight is 236 g/mol. The van der Waals surface area contributed by atoms with Gasteiger partial charge in [0.05, 0.1) is 13.0 Å². The number of ether oxygens (including phenoxy) is 1. The summed E-state index contributed by atoms with van der Waals surface area (Å²) in [5.41, 5.74) is 6.56. The molecule has 4 heteroatoms. The van der Waals surface area contributed by atoms with Crippen LogP contribution in [0.1, 0.15) is 25.8 Å². The zero-order chi connectivity index (χ0) is 12.7. The van der Waals surface area contributed by atoms with Crippen molar-refractivity contribution in [1.29, 1.82) is 0 Å². The van der Waals surface area contributed by atoms with Crippen molar-refractivity contribution >= 4 is 5.91 Å².